The van der Waals surface area contributed by atoms with Gasteiger partial charge >= 0.3 is 12.4 Å². The highest BCUT2D eigenvalue weighted by Crippen LogP contribution is 2.40. The summed E-state index contributed by atoms with van der Waals surface area (Å²) in [6.07, 6.45) is -5.32. The summed E-state index contributed by atoms with van der Waals surface area (Å²) in [5, 5.41) is 12.8. The lowest BCUT2D eigenvalue weighted by Gasteiger charge is -2.19. The third kappa shape index (κ3) is 5.24. The minimum Gasteiger partial charge on any atom is -0.223 e. The van der Waals surface area contributed by atoms with Gasteiger partial charge in [-0.2, -0.15) is 36.7 Å². The first kappa shape index (κ1) is 22.4. The fourth-order valence-electron chi connectivity index (χ4n) is 2.85. The van der Waals surface area contributed by atoms with Crippen LogP contribution in [0.15, 0.2) is 55.1 Å². The molecule has 0 amide bonds. The van der Waals surface area contributed by atoms with Gasteiger partial charge in [-0.05, 0) is 41.5 Å². The molecule has 1 heterocycles. The zero-order valence-corrected chi connectivity index (χ0v) is 16.0. The first-order valence-corrected chi connectivity index (χ1v) is 8.88. The summed E-state index contributed by atoms with van der Waals surface area (Å²) in [6, 6.07) is 7.99. The lowest BCUT2D eigenvalue weighted by Crippen LogP contribution is -2.19. The molecule has 0 N–H and O–H groups in total. The van der Waals surface area contributed by atoms with Gasteiger partial charge in [-0.15, -0.1) is 0 Å². The van der Waals surface area contributed by atoms with Crippen LogP contribution in [-0.4, -0.2) is 20.9 Å². The van der Waals surface area contributed by atoms with Crippen LogP contribution in [0.25, 0.3) is 11.8 Å². The van der Waals surface area contributed by atoms with Gasteiger partial charge < -0.3 is 0 Å². The van der Waals surface area contributed by atoms with Crippen LogP contribution in [0.4, 0.5) is 26.3 Å². The van der Waals surface area contributed by atoms with Crippen LogP contribution < -0.4 is 0 Å². The Kier molecular flexibility index (Phi) is 6.08. The monoisotopic (exact) mass is 456 g/mol. The molecule has 0 fully saturated rings. The Hall–Kier alpha value is -3.32. The number of benzene rings is 2. The molecule has 1 aromatic heterocycles. The number of hydrogen-bond donors (Lipinski definition) is 0. The number of halogens is 7. The molecule has 4 nitrogen and oxygen atoms in total. The molecule has 0 saturated carbocycles. The number of allylic oxidation sites excluding steroid dienone is 1. The van der Waals surface area contributed by atoms with E-state index in [1.807, 2.05) is 6.07 Å². The second kappa shape index (κ2) is 8.43. The van der Waals surface area contributed by atoms with Gasteiger partial charge in [0.2, 0.25) is 0 Å². The van der Waals surface area contributed by atoms with Gasteiger partial charge in [0.25, 0.3) is 0 Å². The molecule has 2 aromatic carbocycles. The Balaban J connectivity index is 2.00. The number of nitriles is 1. The van der Waals surface area contributed by atoms with Crippen LogP contribution >= 0.6 is 11.6 Å². The predicted octanol–water partition coefficient (Wildman–Crippen LogP) is 6.17. The van der Waals surface area contributed by atoms with Crippen molar-refractivity contribution >= 4 is 17.7 Å². The maximum absolute atomic E-state index is 13.6. The van der Waals surface area contributed by atoms with Crippen LogP contribution in [0, 0.1) is 11.3 Å². The van der Waals surface area contributed by atoms with Crippen molar-refractivity contribution in [2.45, 2.75) is 18.3 Å². The lowest BCUT2D eigenvalue weighted by molar-refractivity contribution is -0.142. The lowest BCUT2D eigenvalue weighted by atomic mass is 9.95. The van der Waals surface area contributed by atoms with E-state index in [4.69, 9.17) is 11.6 Å². The van der Waals surface area contributed by atoms with Gasteiger partial charge in [0.15, 0.2) is 0 Å². The van der Waals surface area contributed by atoms with Gasteiger partial charge in [0.1, 0.15) is 18.7 Å². The minimum atomic E-state index is -4.87. The van der Waals surface area contributed by atoms with E-state index in [1.165, 1.54) is 35.5 Å². The Labute approximate surface area is 177 Å². The maximum atomic E-state index is 13.6. The van der Waals surface area contributed by atoms with Crippen molar-refractivity contribution in [1.82, 2.24) is 14.8 Å². The topological polar surface area (TPSA) is 54.5 Å². The molecule has 0 radical (unpaired) electrons. The van der Waals surface area contributed by atoms with E-state index < -0.39 is 34.4 Å². The molecular weight excluding hydrogens is 446 g/mol. The Morgan fingerprint density at radius 2 is 1.81 bits per heavy atom. The Bertz CT molecular complexity index is 1140. The fourth-order valence-corrected chi connectivity index (χ4v) is 3.09. The van der Waals surface area contributed by atoms with E-state index in [0.717, 1.165) is 18.2 Å². The molecule has 1 unspecified atom stereocenters. The van der Waals surface area contributed by atoms with Gasteiger partial charge in [-0.25, -0.2) is 9.67 Å². The largest absolute Gasteiger partial charge is 0.416 e. The zero-order chi connectivity index (χ0) is 22.8. The minimum absolute atomic E-state index is 0.123. The van der Waals surface area contributed by atoms with Crippen molar-refractivity contribution < 1.29 is 26.3 Å². The van der Waals surface area contributed by atoms with Crippen LogP contribution in [0.2, 0.25) is 5.02 Å². The number of alkyl halides is 6. The molecule has 0 aliphatic rings. The highest BCUT2D eigenvalue weighted by Gasteiger charge is 2.40. The second-order valence-corrected chi connectivity index (χ2v) is 6.81. The summed E-state index contributed by atoms with van der Waals surface area (Å²) < 4.78 is 81.2. The molecule has 11 heteroatoms. The second-order valence-electron chi connectivity index (χ2n) is 6.38. The van der Waals surface area contributed by atoms with Gasteiger partial charge in [-0.1, -0.05) is 29.8 Å². The summed E-state index contributed by atoms with van der Waals surface area (Å²) >= 11 is 5.63. The normalized spacial score (nSPS) is 13.4. The standard InChI is InChI=1S/C20H11ClF6N4/c21-16-7-13(6-15(8-16)19(22,23)24)17(20(25,26)27)3-1-12-2-4-18(14(5-12)9-28)31-11-29-10-30-31/h1-8,10-11,17H/b3-1+. The van der Waals surface area contributed by atoms with Crippen LogP contribution in [-0.2, 0) is 6.18 Å². The first-order chi connectivity index (χ1) is 14.5. The Morgan fingerprint density at radius 1 is 1.06 bits per heavy atom. The van der Waals surface area contributed by atoms with Crippen molar-refractivity contribution in [3.05, 3.63) is 82.4 Å². The van der Waals surface area contributed by atoms with Gasteiger partial charge in [-0.3, -0.25) is 0 Å². The molecule has 0 saturated heterocycles. The average molecular weight is 457 g/mol. The van der Waals surface area contributed by atoms with Crippen molar-refractivity contribution in [1.29, 1.82) is 5.26 Å². The molecule has 31 heavy (non-hydrogen) atoms. The molecule has 1 atom stereocenters. The number of aromatic nitrogens is 3. The van der Waals surface area contributed by atoms with E-state index in [1.54, 1.807) is 0 Å². The average Bonchev–Trinajstić information content (AvgIpc) is 3.20. The Morgan fingerprint density at radius 3 is 2.39 bits per heavy atom. The molecule has 0 spiro atoms. The summed E-state index contributed by atoms with van der Waals surface area (Å²) in [6.45, 7) is 0. The number of nitrogens with zero attached hydrogens (tertiary/aromatic N) is 4. The summed E-state index contributed by atoms with van der Waals surface area (Å²) in [7, 11) is 0. The van der Waals surface area contributed by atoms with Crippen LogP contribution in [0.3, 0.4) is 0 Å². The van der Waals surface area contributed by atoms with Crippen LogP contribution in [0.5, 0.6) is 0 Å². The van der Waals surface area contributed by atoms with Gasteiger partial charge in [0, 0.05) is 5.02 Å². The third-order valence-electron chi connectivity index (χ3n) is 4.25. The molecule has 0 bridgehead atoms. The summed E-state index contributed by atoms with van der Waals surface area (Å²) in [5.41, 5.74) is -1.19. The summed E-state index contributed by atoms with van der Waals surface area (Å²) in [5.74, 6) is -2.34. The maximum Gasteiger partial charge on any atom is 0.416 e. The van der Waals surface area contributed by atoms with Crippen LogP contribution in [0.1, 0.15) is 28.2 Å². The van der Waals surface area contributed by atoms with Gasteiger partial charge in [0.05, 0.1) is 22.7 Å². The highest BCUT2D eigenvalue weighted by molar-refractivity contribution is 6.30. The molecule has 0 aliphatic carbocycles. The van der Waals surface area contributed by atoms with Crippen molar-refractivity contribution in [2.75, 3.05) is 0 Å². The van der Waals surface area contributed by atoms with E-state index >= 15 is 0 Å². The van der Waals surface area contributed by atoms with E-state index in [-0.39, 0.29) is 11.1 Å². The fraction of sp³-hybridized carbons (Fsp3) is 0.150. The van der Waals surface area contributed by atoms with E-state index in [2.05, 4.69) is 10.1 Å². The third-order valence-corrected chi connectivity index (χ3v) is 4.47. The number of hydrogen-bond acceptors (Lipinski definition) is 3. The van der Waals surface area contributed by atoms with Crippen molar-refractivity contribution in [3.8, 4) is 11.8 Å². The molecule has 0 aliphatic heterocycles. The summed E-state index contributed by atoms with van der Waals surface area (Å²) in [4.78, 5) is 3.76. The smallest absolute Gasteiger partial charge is 0.223 e. The SMILES string of the molecule is N#Cc1cc(/C=C/C(c2cc(Cl)cc(C(F)(F)F)c2)C(F)(F)F)ccc1-n1cncn1. The predicted molar refractivity (Wildman–Crippen MR) is 100 cm³/mol. The quantitative estimate of drug-likeness (QED) is 0.441. The molecule has 3 rings (SSSR count). The highest BCUT2D eigenvalue weighted by atomic mass is 35.5. The molecule has 3 aromatic rings. The van der Waals surface area contributed by atoms with E-state index in [9.17, 15) is 31.6 Å². The van der Waals surface area contributed by atoms with E-state index in [0.29, 0.717) is 17.8 Å². The molecular formula is C20H11ClF6N4. The molecule has 160 valence electrons. The first-order valence-electron chi connectivity index (χ1n) is 8.51. The van der Waals surface area contributed by atoms with Crippen molar-refractivity contribution in [3.63, 3.8) is 0 Å². The van der Waals surface area contributed by atoms with Crippen molar-refractivity contribution in [2.24, 2.45) is 0 Å². The number of rotatable bonds is 4. The zero-order valence-electron chi connectivity index (χ0n) is 15.3.